The Morgan fingerprint density at radius 1 is 1.46 bits per heavy atom. The van der Waals surface area contributed by atoms with Gasteiger partial charge in [-0.1, -0.05) is 0 Å². The second-order valence-electron chi connectivity index (χ2n) is 3.85. The van der Waals surface area contributed by atoms with Crippen LogP contribution < -0.4 is 5.32 Å². The molecule has 0 aromatic heterocycles. The highest BCUT2D eigenvalue weighted by atomic mass is 32.2. The van der Waals surface area contributed by atoms with Crippen LogP contribution in [0, 0.1) is 11.8 Å². The predicted molar refractivity (Wildman–Crippen MR) is 53.0 cm³/mol. The summed E-state index contributed by atoms with van der Waals surface area (Å²) in [4.78, 5) is 11.0. The molecule has 3 nitrogen and oxygen atoms in total. The van der Waals surface area contributed by atoms with Crippen molar-refractivity contribution in [1.29, 1.82) is 0 Å². The van der Waals surface area contributed by atoms with E-state index in [-0.39, 0.29) is 5.92 Å². The van der Waals surface area contributed by atoms with Crippen molar-refractivity contribution in [2.24, 2.45) is 11.8 Å². The maximum Gasteiger partial charge on any atom is 0.306 e. The molecule has 2 N–H and O–H groups in total. The topological polar surface area (TPSA) is 49.3 Å². The molecule has 3 atom stereocenters. The Morgan fingerprint density at radius 3 is 3.08 bits per heavy atom. The number of thioether (sulfide) groups is 1. The van der Waals surface area contributed by atoms with Gasteiger partial charge in [0, 0.05) is 11.8 Å². The number of nitrogens with one attached hydrogen (secondary N) is 1. The second kappa shape index (κ2) is 3.88. The molecule has 13 heavy (non-hydrogen) atoms. The van der Waals surface area contributed by atoms with E-state index < -0.39 is 5.97 Å². The smallest absolute Gasteiger partial charge is 0.306 e. The van der Waals surface area contributed by atoms with E-state index in [9.17, 15) is 4.79 Å². The lowest BCUT2D eigenvalue weighted by atomic mass is 9.87. The van der Waals surface area contributed by atoms with Gasteiger partial charge in [0.15, 0.2) is 0 Å². The van der Waals surface area contributed by atoms with Gasteiger partial charge in [-0.25, -0.2) is 0 Å². The third-order valence-corrected chi connectivity index (χ3v) is 4.27. The quantitative estimate of drug-likeness (QED) is 0.659. The number of fused-ring (bicyclic) bond motifs is 1. The fourth-order valence-corrected chi connectivity index (χ4v) is 3.80. The fraction of sp³-hybridized carbons (Fsp3) is 0.889. The predicted octanol–water partition coefficient (Wildman–Crippen LogP) is 0.802. The van der Waals surface area contributed by atoms with Crippen molar-refractivity contribution in [3.05, 3.63) is 0 Å². The molecule has 2 rings (SSSR count). The lowest BCUT2D eigenvalue weighted by Gasteiger charge is -2.21. The summed E-state index contributed by atoms with van der Waals surface area (Å²) in [5.41, 5.74) is 0. The van der Waals surface area contributed by atoms with Crippen molar-refractivity contribution in [2.75, 3.05) is 18.1 Å². The van der Waals surface area contributed by atoms with Crippen LogP contribution in [-0.2, 0) is 4.79 Å². The number of rotatable bonds is 1. The molecular weight excluding hydrogens is 186 g/mol. The van der Waals surface area contributed by atoms with Gasteiger partial charge in [0.1, 0.15) is 0 Å². The van der Waals surface area contributed by atoms with Gasteiger partial charge < -0.3 is 10.4 Å². The summed E-state index contributed by atoms with van der Waals surface area (Å²) in [7, 11) is 0. The van der Waals surface area contributed by atoms with E-state index in [4.69, 9.17) is 5.11 Å². The first-order chi connectivity index (χ1) is 6.29. The van der Waals surface area contributed by atoms with E-state index in [0.29, 0.717) is 12.0 Å². The molecule has 0 radical (unpaired) electrons. The Kier molecular flexibility index (Phi) is 2.79. The van der Waals surface area contributed by atoms with Gasteiger partial charge in [-0.05, 0) is 31.1 Å². The minimum atomic E-state index is -0.596. The highest BCUT2D eigenvalue weighted by Crippen LogP contribution is 2.34. The summed E-state index contributed by atoms with van der Waals surface area (Å²) in [6, 6.07) is 0.452. The third-order valence-electron chi connectivity index (χ3n) is 3.06. The van der Waals surface area contributed by atoms with Crippen LogP contribution in [0.3, 0.4) is 0 Å². The van der Waals surface area contributed by atoms with Crippen molar-refractivity contribution in [2.45, 2.75) is 18.9 Å². The van der Waals surface area contributed by atoms with Crippen LogP contribution in [0.5, 0.6) is 0 Å². The normalized spacial score (nSPS) is 39.5. The van der Waals surface area contributed by atoms with Crippen molar-refractivity contribution in [3.8, 4) is 0 Å². The summed E-state index contributed by atoms with van der Waals surface area (Å²) >= 11 is 1.88. The molecule has 3 unspecified atom stereocenters. The molecule has 4 heteroatoms. The van der Waals surface area contributed by atoms with Crippen LogP contribution >= 0.6 is 11.8 Å². The number of carbonyl (C=O) groups is 1. The molecule has 2 saturated heterocycles. The zero-order valence-electron chi connectivity index (χ0n) is 7.53. The van der Waals surface area contributed by atoms with E-state index in [1.54, 1.807) is 0 Å². The van der Waals surface area contributed by atoms with Gasteiger partial charge in [-0.2, -0.15) is 11.8 Å². The van der Waals surface area contributed by atoms with Crippen LogP contribution in [0.25, 0.3) is 0 Å². The Bertz CT molecular complexity index is 210. The van der Waals surface area contributed by atoms with E-state index in [0.717, 1.165) is 30.9 Å². The molecule has 2 heterocycles. The lowest BCUT2D eigenvalue weighted by Crippen LogP contribution is -2.38. The molecule has 74 valence electrons. The zero-order chi connectivity index (χ0) is 9.26. The average Bonchev–Trinajstić information content (AvgIpc) is 2.44. The fourth-order valence-electron chi connectivity index (χ4n) is 2.31. The molecule has 0 aromatic carbocycles. The van der Waals surface area contributed by atoms with Gasteiger partial charge in [-0.3, -0.25) is 4.79 Å². The van der Waals surface area contributed by atoms with Gasteiger partial charge in [-0.15, -0.1) is 0 Å². The monoisotopic (exact) mass is 201 g/mol. The average molecular weight is 201 g/mol. The van der Waals surface area contributed by atoms with E-state index in [1.165, 1.54) is 0 Å². The highest BCUT2D eigenvalue weighted by molar-refractivity contribution is 7.99. The molecular formula is C9H15NO2S. The minimum absolute atomic E-state index is 0.102. The Balaban J connectivity index is 2.10. The largest absolute Gasteiger partial charge is 0.481 e. The van der Waals surface area contributed by atoms with Gasteiger partial charge in [0.2, 0.25) is 0 Å². The van der Waals surface area contributed by atoms with Crippen LogP contribution in [0.4, 0.5) is 0 Å². The summed E-state index contributed by atoms with van der Waals surface area (Å²) in [6.45, 7) is 0.992. The van der Waals surface area contributed by atoms with Crippen molar-refractivity contribution in [1.82, 2.24) is 5.32 Å². The maximum absolute atomic E-state index is 11.0. The molecule has 0 bridgehead atoms. The van der Waals surface area contributed by atoms with Gasteiger partial charge in [0.05, 0.1) is 5.92 Å². The first-order valence-electron chi connectivity index (χ1n) is 4.83. The van der Waals surface area contributed by atoms with Crippen LogP contribution in [0.1, 0.15) is 12.8 Å². The number of hydrogen-bond acceptors (Lipinski definition) is 3. The zero-order valence-corrected chi connectivity index (χ0v) is 8.35. The summed E-state index contributed by atoms with van der Waals surface area (Å²) in [6.07, 6.45) is 1.86. The Morgan fingerprint density at radius 2 is 2.31 bits per heavy atom. The SMILES string of the molecule is O=C(O)C1CCCNC2CSCC21. The minimum Gasteiger partial charge on any atom is -0.481 e. The Labute approximate surface area is 82.3 Å². The Hall–Kier alpha value is -0.220. The molecule has 0 spiro atoms. The van der Waals surface area contributed by atoms with Crippen molar-refractivity contribution >= 4 is 17.7 Å². The number of carboxylic acids is 1. The molecule has 0 amide bonds. The molecule has 0 aliphatic carbocycles. The van der Waals surface area contributed by atoms with Gasteiger partial charge >= 0.3 is 5.97 Å². The molecule has 2 fully saturated rings. The molecule has 2 aliphatic rings. The van der Waals surface area contributed by atoms with Crippen LogP contribution in [0.2, 0.25) is 0 Å². The first kappa shape index (κ1) is 9.34. The molecule has 2 aliphatic heterocycles. The van der Waals surface area contributed by atoms with Crippen molar-refractivity contribution in [3.63, 3.8) is 0 Å². The standard InChI is InChI=1S/C9H15NO2S/c11-9(12)6-2-1-3-10-8-5-13-4-7(6)8/h6-8,10H,1-5H2,(H,11,12). The van der Waals surface area contributed by atoms with E-state index in [2.05, 4.69) is 5.32 Å². The first-order valence-corrected chi connectivity index (χ1v) is 5.98. The highest BCUT2D eigenvalue weighted by Gasteiger charge is 2.38. The molecule has 0 aromatic rings. The lowest BCUT2D eigenvalue weighted by molar-refractivity contribution is -0.143. The van der Waals surface area contributed by atoms with Gasteiger partial charge in [0.25, 0.3) is 0 Å². The van der Waals surface area contributed by atoms with E-state index in [1.807, 2.05) is 11.8 Å². The van der Waals surface area contributed by atoms with Crippen LogP contribution in [-0.4, -0.2) is 35.2 Å². The number of aliphatic carboxylic acids is 1. The third kappa shape index (κ3) is 1.83. The van der Waals surface area contributed by atoms with Crippen LogP contribution in [0.15, 0.2) is 0 Å². The maximum atomic E-state index is 11.0. The second-order valence-corrected chi connectivity index (χ2v) is 4.92. The number of hydrogen-bond donors (Lipinski definition) is 2. The van der Waals surface area contributed by atoms with Crippen molar-refractivity contribution < 1.29 is 9.90 Å². The molecule has 0 saturated carbocycles. The summed E-state index contributed by atoms with van der Waals surface area (Å²) < 4.78 is 0. The summed E-state index contributed by atoms with van der Waals surface area (Å²) in [5, 5.41) is 12.5. The summed E-state index contributed by atoms with van der Waals surface area (Å²) in [5.74, 6) is 1.78. The number of carboxylic acid groups (broad SMARTS) is 1. The van der Waals surface area contributed by atoms with E-state index >= 15 is 0 Å².